The third-order valence-corrected chi connectivity index (χ3v) is 4.62. The summed E-state index contributed by atoms with van der Waals surface area (Å²) >= 11 is 1.36. The molecule has 2 rings (SSSR count). The van der Waals surface area contributed by atoms with Crippen molar-refractivity contribution in [1.82, 2.24) is 10.9 Å². The van der Waals surface area contributed by atoms with Crippen molar-refractivity contribution in [3.05, 3.63) is 48.0 Å². The SMILES string of the molecule is CCOc1ccc(SCC(=O)NNC(=O)c2ccc(OC(C)C)c(OC)c2)cc1. The Bertz CT molecular complexity index is 824. The molecule has 0 aliphatic carbocycles. The number of rotatable bonds is 9. The number of hydrazine groups is 1. The molecule has 29 heavy (non-hydrogen) atoms. The molecule has 0 bridgehead atoms. The molecule has 0 fully saturated rings. The number of hydrogen-bond donors (Lipinski definition) is 2. The molecule has 0 unspecified atom stereocenters. The highest BCUT2D eigenvalue weighted by Gasteiger charge is 2.13. The highest BCUT2D eigenvalue weighted by molar-refractivity contribution is 8.00. The maximum Gasteiger partial charge on any atom is 0.269 e. The third-order valence-electron chi connectivity index (χ3n) is 3.61. The van der Waals surface area contributed by atoms with Crippen molar-refractivity contribution < 1.29 is 23.8 Å². The van der Waals surface area contributed by atoms with Crippen LogP contribution in [-0.2, 0) is 4.79 Å². The lowest BCUT2D eigenvalue weighted by atomic mass is 10.2. The van der Waals surface area contributed by atoms with E-state index in [4.69, 9.17) is 14.2 Å². The molecule has 2 amide bonds. The lowest BCUT2D eigenvalue weighted by Gasteiger charge is -2.14. The second-order valence-electron chi connectivity index (χ2n) is 6.23. The molecule has 0 aliphatic rings. The summed E-state index contributed by atoms with van der Waals surface area (Å²) in [5.41, 5.74) is 5.16. The number of ether oxygens (including phenoxy) is 3. The molecule has 0 saturated heterocycles. The predicted molar refractivity (Wildman–Crippen MR) is 113 cm³/mol. The molecular formula is C21H26N2O5S. The largest absolute Gasteiger partial charge is 0.494 e. The minimum Gasteiger partial charge on any atom is -0.494 e. The fourth-order valence-corrected chi connectivity index (χ4v) is 3.04. The van der Waals surface area contributed by atoms with E-state index in [0.29, 0.717) is 23.7 Å². The molecule has 2 N–H and O–H groups in total. The zero-order valence-corrected chi connectivity index (χ0v) is 17.8. The Labute approximate surface area is 175 Å². The molecule has 0 radical (unpaired) electrons. The van der Waals surface area contributed by atoms with Gasteiger partial charge in [0, 0.05) is 10.5 Å². The standard InChI is InChI=1S/C21H26N2O5S/c1-5-27-16-7-9-17(10-8-16)29-13-20(24)22-23-21(25)15-6-11-18(28-14(2)3)19(12-15)26-4/h6-12,14H,5,13H2,1-4H3,(H,22,24)(H,23,25). The van der Waals surface area contributed by atoms with Crippen LogP contribution >= 0.6 is 11.8 Å². The second kappa shape index (κ2) is 11.2. The first-order valence-electron chi connectivity index (χ1n) is 9.22. The summed E-state index contributed by atoms with van der Waals surface area (Å²) in [7, 11) is 1.50. The van der Waals surface area contributed by atoms with Gasteiger partial charge in [-0.25, -0.2) is 0 Å². The number of methoxy groups -OCH3 is 1. The minimum atomic E-state index is -0.446. The van der Waals surface area contributed by atoms with Gasteiger partial charge in [0.15, 0.2) is 11.5 Å². The predicted octanol–water partition coefficient (Wildman–Crippen LogP) is 3.43. The molecule has 2 aromatic carbocycles. The number of nitrogens with one attached hydrogen (secondary N) is 2. The van der Waals surface area contributed by atoms with Gasteiger partial charge in [-0.3, -0.25) is 20.4 Å². The van der Waals surface area contributed by atoms with Crippen LogP contribution in [0.1, 0.15) is 31.1 Å². The lowest BCUT2D eigenvalue weighted by molar-refractivity contribution is -0.119. The van der Waals surface area contributed by atoms with Crippen molar-refractivity contribution in [2.75, 3.05) is 19.5 Å². The Morgan fingerprint density at radius 3 is 2.38 bits per heavy atom. The molecule has 0 aliphatic heterocycles. The molecule has 0 spiro atoms. The highest BCUT2D eigenvalue weighted by Crippen LogP contribution is 2.29. The van der Waals surface area contributed by atoms with Crippen LogP contribution in [0.2, 0.25) is 0 Å². The average Bonchev–Trinajstić information content (AvgIpc) is 2.71. The lowest BCUT2D eigenvalue weighted by Crippen LogP contribution is -2.42. The van der Waals surface area contributed by atoms with Crippen LogP contribution in [0.25, 0.3) is 0 Å². The summed E-state index contributed by atoms with van der Waals surface area (Å²) in [6.45, 7) is 6.33. The van der Waals surface area contributed by atoms with Crippen molar-refractivity contribution in [3.8, 4) is 17.2 Å². The summed E-state index contributed by atoms with van der Waals surface area (Å²) in [4.78, 5) is 25.2. The first-order valence-corrected chi connectivity index (χ1v) is 10.2. The second-order valence-corrected chi connectivity index (χ2v) is 7.28. The van der Waals surface area contributed by atoms with Crippen molar-refractivity contribution in [2.24, 2.45) is 0 Å². The van der Waals surface area contributed by atoms with Gasteiger partial charge in [-0.15, -0.1) is 11.8 Å². The van der Waals surface area contributed by atoms with Crippen LogP contribution in [0, 0.1) is 0 Å². The summed E-state index contributed by atoms with van der Waals surface area (Å²) < 4.78 is 16.3. The molecule has 0 saturated carbocycles. The zero-order valence-electron chi connectivity index (χ0n) is 17.0. The van der Waals surface area contributed by atoms with Crippen LogP contribution in [0.15, 0.2) is 47.4 Å². The summed E-state index contributed by atoms with van der Waals surface area (Å²) in [6, 6.07) is 12.3. The van der Waals surface area contributed by atoms with E-state index >= 15 is 0 Å². The zero-order chi connectivity index (χ0) is 21.2. The molecule has 8 heteroatoms. The van der Waals surface area contributed by atoms with Gasteiger partial charge < -0.3 is 14.2 Å². The Morgan fingerprint density at radius 2 is 1.76 bits per heavy atom. The van der Waals surface area contributed by atoms with Gasteiger partial charge in [0.05, 0.1) is 25.6 Å². The normalized spacial score (nSPS) is 10.4. The first kappa shape index (κ1) is 22.4. The van der Waals surface area contributed by atoms with Gasteiger partial charge in [-0.2, -0.15) is 0 Å². The van der Waals surface area contributed by atoms with Crippen molar-refractivity contribution in [2.45, 2.75) is 31.8 Å². The quantitative estimate of drug-likeness (QED) is 0.479. The maximum atomic E-state index is 12.3. The van der Waals surface area contributed by atoms with Crippen molar-refractivity contribution in [1.29, 1.82) is 0 Å². The van der Waals surface area contributed by atoms with Crippen LogP contribution in [-0.4, -0.2) is 37.4 Å². The van der Waals surface area contributed by atoms with E-state index in [1.165, 1.54) is 18.9 Å². The van der Waals surface area contributed by atoms with Crippen LogP contribution < -0.4 is 25.1 Å². The van der Waals surface area contributed by atoms with E-state index in [9.17, 15) is 9.59 Å². The van der Waals surface area contributed by atoms with Crippen LogP contribution in [0.5, 0.6) is 17.2 Å². The number of benzene rings is 2. The van der Waals surface area contributed by atoms with Gasteiger partial charge in [-0.05, 0) is 63.2 Å². The first-order chi connectivity index (χ1) is 13.9. The smallest absolute Gasteiger partial charge is 0.269 e. The molecule has 7 nitrogen and oxygen atoms in total. The fraction of sp³-hybridized carbons (Fsp3) is 0.333. The number of hydrogen-bond acceptors (Lipinski definition) is 6. The van der Waals surface area contributed by atoms with Crippen LogP contribution in [0.4, 0.5) is 0 Å². The third kappa shape index (κ3) is 7.23. The highest BCUT2D eigenvalue weighted by atomic mass is 32.2. The average molecular weight is 419 g/mol. The van der Waals surface area contributed by atoms with Crippen molar-refractivity contribution >= 4 is 23.6 Å². The fourth-order valence-electron chi connectivity index (χ4n) is 2.34. The molecule has 0 atom stereocenters. The number of thioether (sulfide) groups is 1. The molecule has 2 aromatic rings. The summed E-state index contributed by atoms with van der Waals surface area (Å²) in [5.74, 6) is 1.19. The van der Waals surface area contributed by atoms with Crippen molar-refractivity contribution in [3.63, 3.8) is 0 Å². The van der Waals surface area contributed by atoms with Gasteiger partial charge in [0.1, 0.15) is 5.75 Å². The summed E-state index contributed by atoms with van der Waals surface area (Å²) in [6.07, 6.45) is -0.0178. The number of amides is 2. The van der Waals surface area contributed by atoms with E-state index in [1.54, 1.807) is 18.2 Å². The molecule has 0 heterocycles. The van der Waals surface area contributed by atoms with Gasteiger partial charge in [-0.1, -0.05) is 0 Å². The van der Waals surface area contributed by atoms with E-state index in [1.807, 2.05) is 45.0 Å². The topological polar surface area (TPSA) is 85.9 Å². The van der Waals surface area contributed by atoms with E-state index in [2.05, 4.69) is 10.9 Å². The maximum absolute atomic E-state index is 12.3. The minimum absolute atomic E-state index is 0.0178. The molecule has 0 aromatic heterocycles. The summed E-state index contributed by atoms with van der Waals surface area (Å²) in [5, 5.41) is 0. The number of carbonyl (C=O) groups is 2. The Balaban J connectivity index is 1.84. The van der Waals surface area contributed by atoms with E-state index in [0.717, 1.165) is 10.6 Å². The Morgan fingerprint density at radius 1 is 1.03 bits per heavy atom. The van der Waals surface area contributed by atoms with Crippen LogP contribution in [0.3, 0.4) is 0 Å². The van der Waals surface area contributed by atoms with E-state index in [-0.39, 0.29) is 17.8 Å². The van der Waals surface area contributed by atoms with Gasteiger partial charge in [0.2, 0.25) is 5.91 Å². The molecular weight excluding hydrogens is 392 g/mol. The van der Waals surface area contributed by atoms with Gasteiger partial charge in [0.25, 0.3) is 5.91 Å². The monoisotopic (exact) mass is 418 g/mol. The molecule has 156 valence electrons. The number of carbonyl (C=O) groups excluding carboxylic acids is 2. The Hall–Kier alpha value is -2.87. The Kier molecular flexibility index (Phi) is 8.67. The van der Waals surface area contributed by atoms with Gasteiger partial charge >= 0.3 is 0 Å². The van der Waals surface area contributed by atoms with E-state index < -0.39 is 5.91 Å².